The van der Waals surface area contributed by atoms with Gasteiger partial charge in [-0.15, -0.1) is 12.4 Å². The van der Waals surface area contributed by atoms with E-state index >= 15 is 0 Å². The Morgan fingerprint density at radius 1 is 1.24 bits per heavy atom. The first-order chi connectivity index (χ1) is 9.66. The molecule has 1 atom stereocenters. The molecule has 0 aromatic rings. The summed E-state index contributed by atoms with van der Waals surface area (Å²) in [5.41, 5.74) is 0. The van der Waals surface area contributed by atoms with Crippen LogP contribution >= 0.6 is 12.4 Å². The topological polar surface area (TPSA) is 61.4 Å². The molecule has 1 heterocycles. The molecule has 2 rings (SSSR count). The Morgan fingerprint density at radius 2 is 1.95 bits per heavy atom. The Labute approximate surface area is 133 Å². The fraction of sp³-hybridized carbons (Fsp3) is 0.867. The van der Waals surface area contributed by atoms with Gasteiger partial charge >= 0.3 is 0 Å². The quantitative estimate of drug-likeness (QED) is 0.822. The van der Waals surface area contributed by atoms with Crippen molar-refractivity contribution in [3.05, 3.63) is 0 Å². The first-order valence-corrected chi connectivity index (χ1v) is 7.93. The minimum Gasteiger partial charge on any atom is -0.347 e. The fourth-order valence-corrected chi connectivity index (χ4v) is 3.21. The van der Waals surface area contributed by atoms with Gasteiger partial charge in [0, 0.05) is 32.1 Å². The zero-order valence-corrected chi connectivity index (χ0v) is 13.7. The van der Waals surface area contributed by atoms with Gasteiger partial charge in [0.1, 0.15) is 0 Å². The number of nitrogens with zero attached hydrogens (tertiary/aromatic N) is 1. The summed E-state index contributed by atoms with van der Waals surface area (Å²) in [5.74, 6) is 0.598. The maximum Gasteiger partial charge on any atom is 0.242 e. The molecule has 21 heavy (non-hydrogen) atoms. The van der Waals surface area contributed by atoms with Crippen LogP contribution in [0.2, 0.25) is 0 Å². The van der Waals surface area contributed by atoms with Crippen LogP contribution in [0.4, 0.5) is 0 Å². The number of nitrogens with one attached hydrogen (secondary N) is 2. The number of hydrogen-bond acceptors (Lipinski definition) is 3. The molecule has 5 nitrogen and oxygen atoms in total. The SMILES string of the molecule is C[C@H]1CNCCN1C(=O)CNC(=O)CC1CCCCC1.Cl. The van der Waals surface area contributed by atoms with Gasteiger partial charge in [-0.1, -0.05) is 19.3 Å². The van der Waals surface area contributed by atoms with Gasteiger partial charge in [-0.3, -0.25) is 9.59 Å². The lowest BCUT2D eigenvalue weighted by molar-refractivity contribution is -0.135. The van der Waals surface area contributed by atoms with E-state index in [0.717, 1.165) is 32.5 Å². The van der Waals surface area contributed by atoms with E-state index in [0.29, 0.717) is 12.3 Å². The molecular formula is C15H28ClN3O2. The normalized spacial score (nSPS) is 23.3. The molecule has 2 amide bonds. The third-order valence-electron chi connectivity index (χ3n) is 4.46. The lowest BCUT2D eigenvalue weighted by Gasteiger charge is -2.34. The maximum absolute atomic E-state index is 12.1. The van der Waals surface area contributed by atoms with Crippen molar-refractivity contribution >= 4 is 24.2 Å². The highest BCUT2D eigenvalue weighted by molar-refractivity contribution is 5.85. The lowest BCUT2D eigenvalue weighted by Crippen LogP contribution is -2.54. The smallest absolute Gasteiger partial charge is 0.242 e. The van der Waals surface area contributed by atoms with Crippen LogP contribution in [0.15, 0.2) is 0 Å². The summed E-state index contributed by atoms with van der Waals surface area (Å²) < 4.78 is 0. The molecule has 1 aliphatic heterocycles. The predicted octanol–water partition coefficient (Wildman–Crippen LogP) is 1.32. The molecule has 0 radical (unpaired) electrons. The van der Waals surface area contributed by atoms with E-state index < -0.39 is 0 Å². The van der Waals surface area contributed by atoms with Gasteiger partial charge in [0.2, 0.25) is 11.8 Å². The summed E-state index contributed by atoms with van der Waals surface area (Å²) in [6.45, 7) is 4.59. The number of rotatable bonds is 4. The summed E-state index contributed by atoms with van der Waals surface area (Å²) in [6.07, 6.45) is 6.71. The third kappa shape index (κ3) is 5.83. The number of carbonyl (C=O) groups excluding carboxylic acids is 2. The number of halogens is 1. The molecule has 2 fully saturated rings. The van der Waals surface area contributed by atoms with Gasteiger partial charge in [0.05, 0.1) is 6.54 Å². The Morgan fingerprint density at radius 3 is 2.62 bits per heavy atom. The van der Waals surface area contributed by atoms with Crippen molar-refractivity contribution in [3.8, 4) is 0 Å². The highest BCUT2D eigenvalue weighted by Crippen LogP contribution is 2.25. The second-order valence-electron chi connectivity index (χ2n) is 6.13. The van der Waals surface area contributed by atoms with Crippen LogP contribution in [-0.4, -0.2) is 48.9 Å². The largest absolute Gasteiger partial charge is 0.347 e. The highest BCUT2D eigenvalue weighted by atomic mass is 35.5. The van der Waals surface area contributed by atoms with Crippen LogP contribution in [0, 0.1) is 5.92 Å². The summed E-state index contributed by atoms with van der Waals surface area (Å²) in [6, 6.07) is 0.214. The molecule has 1 saturated heterocycles. The molecule has 122 valence electrons. The van der Waals surface area contributed by atoms with Crippen molar-refractivity contribution in [1.29, 1.82) is 0 Å². The highest BCUT2D eigenvalue weighted by Gasteiger charge is 2.23. The fourth-order valence-electron chi connectivity index (χ4n) is 3.21. The Kier molecular flexibility index (Phi) is 8.04. The molecule has 1 aliphatic carbocycles. The average molecular weight is 318 g/mol. The molecule has 0 spiro atoms. The van der Waals surface area contributed by atoms with Crippen LogP contribution in [0.25, 0.3) is 0 Å². The summed E-state index contributed by atoms with van der Waals surface area (Å²) in [7, 11) is 0. The van der Waals surface area contributed by atoms with E-state index in [4.69, 9.17) is 0 Å². The molecule has 0 aromatic carbocycles. The summed E-state index contributed by atoms with van der Waals surface area (Å²) in [4.78, 5) is 25.8. The monoisotopic (exact) mass is 317 g/mol. The van der Waals surface area contributed by atoms with Crippen molar-refractivity contribution in [2.75, 3.05) is 26.2 Å². The van der Waals surface area contributed by atoms with Gasteiger partial charge in [0.25, 0.3) is 0 Å². The second-order valence-corrected chi connectivity index (χ2v) is 6.13. The molecule has 2 aliphatic rings. The van der Waals surface area contributed by atoms with Gasteiger partial charge in [-0.25, -0.2) is 0 Å². The van der Waals surface area contributed by atoms with E-state index in [1.165, 1.54) is 19.3 Å². The van der Waals surface area contributed by atoms with E-state index in [2.05, 4.69) is 10.6 Å². The molecule has 0 aromatic heterocycles. The zero-order chi connectivity index (χ0) is 14.4. The Bertz CT molecular complexity index is 346. The number of piperazine rings is 1. The van der Waals surface area contributed by atoms with Gasteiger partial charge in [-0.2, -0.15) is 0 Å². The van der Waals surface area contributed by atoms with Crippen molar-refractivity contribution < 1.29 is 9.59 Å². The van der Waals surface area contributed by atoms with E-state index in [9.17, 15) is 9.59 Å². The van der Waals surface area contributed by atoms with Crippen molar-refractivity contribution in [3.63, 3.8) is 0 Å². The molecule has 0 bridgehead atoms. The average Bonchev–Trinajstić information content (AvgIpc) is 2.46. The first-order valence-electron chi connectivity index (χ1n) is 7.93. The lowest BCUT2D eigenvalue weighted by atomic mass is 9.87. The van der Waals surface area contributed by atoms with Crippen LogP contribution < -0.4 is 10.6 Å². The van der Waals surface area contributed by atoms with Crippen LogP contribution in [0.5, 0.6) is 0 Å². The first kappa shape index (κ1) is 18.2. The Hall–Kier alpha value is -0.810. The minimum atomic E-state index is 0. The Balaban J connectivity index is 0.00000220. The molecule has 0 unspecified atom stereocenters. The minimum absolute atomic E-state index is 0. The van der Waals surface area contributed by atoms with Gasteiger partial charge in [-0.05, 0) is 25.7 Å². The standard InChI is InChI=1S/C15H27N3O2.ClH/c1-12-10-16-7-8-18(12)15(20)11-17-14(19)9-13-5-3-2-4-6-13;/h12-13,16H,2-11H2,1H3,(H,17,19);1H/t12-;/m0./s1. The van der Waals surface area contributed by atoms with Crippen molar-refractivity contribution in [2.45, 2.75) is 51.5 Å². The number of amides is 2. The van der Waals surface area contributed by atoms with Crippen molar-refractivity contribution in [1.82, 2.24) is 15.5 Å². The predicted molar refractivity (Wildman–Crippen MR) is 85.5 cm³/mol. The third-order valence-corrected chi connectivity index (χ3v) is 4.46. The van der Waals surface area contributed by atoms with E-state index in [-0.39, 0.29) is 36.8 Å². The van der Waals surface area contributed by atoms with E-state index in [1.807, 2.05) is 11.8 Å². The van der Waals surface area contributed by atoms with Gasteiger partial charge < -0.3 is 15.5 Å². The molecule has 6 heteroatoms. The van der Waals surface area contributed by atoms with E-state index in [1.54, 1.807) is 0 Å². The van der Waals surface area contributed by atoms with Crippen LogP contribution in [0.3, 0.4) is 0 Å². The maximum atomic E-state index is 12.1. The molecule has 2 N–H and O–H groups in total. The molecular weight excluding hydrogens is 290 g/mol. The number of hydrogen-bond donors (Lipinski definition) is 2. The van der Waals surface area contributed by atoms with Crippen LogP contribution in [-0.2, 0) is 9.59 Å². The zero-order valence-electron chi connectivity index (χ0n) is 12.9. The van der Waals surface area contributed by atoms with Gasteiger partial charge in [0.15, 0.2) is 0 Å². The van der Waals surface area contributed by atoms with Crippen LogP contribution in [0.1, 0.15) is 45.4 Å². The second kappa shape index (κ2) is 9.26. The summed E-state index contributed by atoms with van der Waals surface area (Å²) in [5, 5.41) is 6.05. The summed E-state index contributed by atoms with van der Waals surface area (Å²) >= 11 is 0. The number of carbonyl (C=O) groups is 2. The molecule has 1 saturated carbocycles. The van der Waals surface area contributed by atoms with Crippen molar-refractivity contribution in [2.24, 2.45) is 5.92 Å².